The lowest BCUT2D eigenvalue weighted by Gasteiger charge is -2.16. The Bertz CT molecular complexity index is 604. The first kappa shape index (κ1) is 15.6. The van der Waals surface area contributed by atoms with Crippen molar-refractivity contribution in [2.45, 2.75) is 46.2 Å². The second-order valence-electron chi connectivity index (χ2n) is 5.35. The van der Waals surface area contributed by atoms with Crippen molar-refractivity contribution in [2.24, 2.45) is 5.73 Å². The predicted molar refractivity (Wildman–Crippen MR) is 85.6 cm³/mol. The first-order valence-electron chi connectivity index (χ1n) is 7.54. The van der Waals surface area contributed by atoms with Crippen molar-refractivity contribution >= 4 is 0 Å². The van der Waals surface area contributed by atoms with Gasteiger partial charge in [0.2, 0.25) is 0 Å². The molecule has 114 valence electrons. The molecule has 0 saturated carbocycles. The van der Waals surface area contributed by atoms with E-state index in [1.54, 1.807) is 7.11 Å². The van der Waals surface area contributed by atoms with Crippen LogP contribution in [0.25, 0.3) is 0 Å². The number of hydrogen-bond acceptors (Lipinski definition) is 3. The average molecular weight is 287 g/mol. The lowest BCUT2D eigenvalue weighted by molar-refractivity contribution is 0.404. The summed E-state index contributed by atoms with van der Waals surface area (Å²) in [6.45, 7) is 7.15. The van der Waals surface area contributed by atoms with Gasteiger partial charge in [-0.1, -0.05) is 19.1 Å². The summed E-state index contributed by atoms with van der Waals surface area (Å²) in [5.41, 5.74) is 10.9. The molecule has 21 heavy (non-hydrogen) atoms. The van der Waals surface area contributed by atoms with E-state index < -0.39 is 0 Å². The van der Waals surface area contributed by atoms with Gasteiger partial charge >= 0.3 is 0 Å². The average Bonchev–Trinajstić information content (AvgIpc) is 2.89. The summed E-state index contributed by atoms with van der Waals surface area (Å²) in [4.78, 5) is 0. The SMILES string of the molecule is CCc1cc(CC(N)c2ccc(C)cc2OC)n(CC)n1. The molecule has 1 aromatic heterocycles. The fourth-order valence-electron chi connectivity index (χ4n) is 2.59. The lowest BCUT2D eigenvalue weighted by atomic mass is 10.00. The molecule has 2 N–H and O–H groups in total. The van der Waals surface area contributed by atoms with Crippen molar-refractivity contribution in [3.63, 3.8) is 0 Å². The van der Waals surface area contributed by atoms with E-state index >= 15 is 0 Å². The number of nitrogens with two attached hydrogens (primary N) is 1. The highest BCUT2D eigenvalue weighted by molar-refractivity contribution is 5.39. The topological polar surface area (TPSA) is 53.1 Å². The van der Waals surface area contributed by atoms with E-state index in [9.17, 15) is 0 Å². The van der Waals surface area contributed by atoms with E-state index in [0.29, 0.717) is 0 Å². The molecule has 1 aromatic carbocycles. The zero-order valence-electron chi connectivity index (χ0n) is 13.4. The summed E-state index contributed by atoms with van der Waals surface area (Å²) in [7, 11) is 1.69. The first-order valence-corrected chi connectivity index (χ1v) is 7.54. The van der Waals surface area contributed by atoms with E-state index in [2.05, 4.69) is 44.1 Å². The smallest absolute Gasteiger partial charge is 0.123 e. The van der Waals surface area contributed by atoms with Crippen LogP contribution in [-0.2, 0) is 19.4 Å². The molecule has 0 aliphatic rings. The van der Waals surface area contributed by atoms with Gasteiger partial charge in [-0.2, -0.15) is 5.10 Å². The molecule has 1 unspecified atom stereocenters. The molecule has 0 aliphatic carbocycles. The summed E-state index contributed by atoms with van der Waals surface area (Å²) < 4.78 is 7.51. The number of aryl methyl sites for hydroxylation is 3. The molecule has 0 bridgehead atoms. The van der Waals surface area contributed by atoms with Crippen molar-refractivity contribution in [3.05, 3.63) is 46.8 Å². The monoisotopic (exact) mass is 287 g/mol. The third kappa shape index (κ3) is 3.45. The number of hydrogen-bond donors (Lipinski definition) is 1. The summed E-state index contributed by atoms with van der Waals surface area (Å²) in [6.07, 6.45) is 1.71. The summed E-state index contributed by atoms with van der Waals surface area (Å²) in [5, 5.41) is 4.58. The van der Waals surface area contributed by atoms with Gasteiger partial charge in [-0.3, -0.25) is 4.68 Å². The van der Waals surface area contributed by atoms with Gasteiger partial charge in [0.1, 0.15) is 5.75 Å². The lowest BCUT2D eigenvalue weighted by Crippen LogP contribution is -2.17. The maximum absolute atomic E-state index is 6.41. The second kappa shape index (κ2) is 6.76. The highest BCUT2D eigenvalue weighted by Crippen LogP contribution is 2.27. The van der Waals surface area contributed by atoms with Crippen molar-refractivity contribution in [3.8, 4) is 5.75 Å². The van der Waals surface area contributed by atoms with Crippen molar-refractivity contribution in [2.75, 3.05) is 7.11 Å². The van der Waals surface area contributed by atoms with Gasteiger partial charge < -0.3 is 10.5 Å². The highest BCUT2D eigenvalue weighted by Gasteiger charge is 2.16. The Morgan fingerprint density at radius 1 is 1.29 bits per heavy atom. The maximum atomic E-state index is 6.41. The van der Waals surface area contributed by atoms with Gasteiger partial charge in [0.25, 0.3) is 0 Å². The maximum Gasteiger partial charge on any atom is 0.123 e. The Morgan fingerprint density at radius 3 is 2.67 bits per heavy atom. The van der Waals surface area contributed by atoms with Gasteiger partial charge in [0.05, 0.1) is 12.8 Å². The highest BCUT2D eigenvalue weighted by atomic mass is 16.5. The standard InChI is InChI=1S/C17H25N3O/c1-5-13-10-14(20(6-2)19-13)11-16(18)15-8-7-12(3)9-17(15)21-4/h7-10,16H,5-6,11,18H2,1-4H3. The predicted octanol–water partition coefficient (Wildman–Crippen LogP) is 3.02. The van der Waals surface area contributed by atoms with E-state index in [4.69, 9.17) is 10.5 Å². The van der Waals surface area contributed by atoms with Gasteiger partial charge in [-0.25, -0.2) is 0 Å². The van der Waals surface area contributed by atoms with E-state index in [1.807, 2.05) is 10.7 Å². The molecule has 2 rings (SSSR count). The minimum Gasteiger partial charge on any atom is -0.496 e. The minimum absolute atomic E-state index is 0.0905. The molecule has 4 nitrogen and oxygen atoms in total. The van der Waals surface area contributed by atoms with Crippen LogP contribution in [0.4, 0.5) is 0 Å². The Balaban J connectivity index is 2.25. The molecule has 0 amide bonds. The Labute approximate surface area is 126 Å². The second-order valence-corrected chi connectivity index (χ2v) is 5.35. The molecule has 0 radical (unpaired) electrons. The van der Waals surface area contributed by atoms with Crippen LogP contribution in [0.1, 0.15) is 42.4 Å². The van der Waals surface area contributed by atoms with Crippen LogP contribution in [0.2, 0.25) is 0 Å². The van der Waals surface area contributed by atoms with E-state index in [-0.39, 0.29) is 6.04 Å². The van der Waals surface area contributed by atoms with Crippen LogP contribution < -0.4 is 10.5 Å². The van der Waals surface area contributed by atoms with Crippen LogP contribution in [0.3, 0.4) is 0 Å². The number of methoxy groups -OCH3 is 1. The molecule has 0 saturated heterocycles. The number of rotatable bonds is 6. The zero-order chi connectivity index (χ0) is 15.4. The Kier molecular flexibility index (Phi) is 5.02. The van der Waals surface area contributed by atoms with Crippen molar-refractivity contribution in [1.29, 1.82) is 0 Å². The fraction of sp³-hybridized carbons (Fsp3) is 0.471. The van der Waals surface area contributed by atoms with Gasteiger partial charge in [-0.15, -0.1) is 0 Å². The van der Waals surface area contributed by atoms with Gasteiger partial charge in [-0.05, 0) is 38.0 Å². The fourth-order valence-corrected chi connectivity index (χ4v) is 2.59. The van der Waals surface area contributed by atoms with Crippen molar-refractivity contribution < 1.29 is 4.74 Å². The normalized spacial score (nSPS) is 12.4. The molecule has 0 spiro atoms. The van der Waals surface area contributed by atoms with Crippen LogP contribution >= 0.6 is 0 Å². The van der Waals surface area contributed by atoms with Gasteiger partial charge in [0.15, 0.2) is 0 Å². The van der Waals surface area contributed by atoms with E-state index in [1.165, 1.54) is 11.3 Å². The number of benzene rings is 1. The number of nitrogens with zero attached hydrogens (tertiary/aromatic N) is 2. The molecule has 1 heterocycles. The number of aromatic nitrogens is 2. The molecular weight excluding hydrogens is 262 g/mol. The summed E-state index contributed by atoms with van der Waals surface area (Å²) in [5.74, 6) is 0.862. The molecular formula is C17H25N3O. The van der Waals surface area contributed by atoms with Crippen molar-refractivity contribution in [1.82, 2.24) is 9.78 Å². The minimum atomic E-state index is -0.0905. The first-order chi connectivity index (χ1) is 10.1. The zero-order valence-corrected chi connectivity index (χ0v) is 13.4. The number of ether oxygens (including phenoxy) is 1. The third-order valence-electron chi connectivity index (χ3n) is 3.79. The third-order valence-corrected chi connectivity index (χ3v) is 3.79. The van der Waals surface area contributed by atoms with Crippen LogP contribution in [-0.4, -0.2) is 16.9 Å². The Hall–Kier alpha value is -1.81. The summed E-state index contributed by atoms with van der Waals surface area (Å²) >= 11 is 0. The molecule has 4 heteroatoms. The van der Waals surface area contributed by atoms with Crippen LogP contribution in [0.15, 0.2) is 24.3 Å². The van der Waals surface area contributed by atoms with E-state index in [0.717, 1.165) is 36.4 Å². The molecule has 0 fully saturated rings. The van der Waals surface area contributed by atoms with Crippen LogP contribution in [0.5, 0.6) is 5.75 Å². The molecule has 2 aromatic rings. The Morgan fingerprint density at radius 2 is 2.05 bits per heavy atom. The molecule has 0 aliphatic heterocycles. The molecule has 1 atom stereocenters. The van der Waals surface area contributed by atoms with Gasteiger partial charge in [0, 0.05) is 30.3 Å². The quantitative estimate of drug-likeness (QED) is 0.888. The summed E-state index contributed by atoms with van der Waals surface area (Å²) in [6, 6.07) is 8.24. The van der Waals surface area contributed by atoms with Crippen LogP contribution in [0, 0.1) is 6.92 Å². The largest absolute Gasteiger partial charge is 0.496 e.